The van der Waals surface area contributed by atoms with Crippen LogP contribution in [0, 0.1) is 11.8 Å². The van der Waals surface area contributed by atoms with Crippen molar-refractivity contribution in [1.82, 2.24) is 0 Å². The van der Waals surface area contributed by atoms with Gasteiger partial charge in [0, 0.05) is 18.8 Å². The fourth-order valence-electron chi connectivity index (χ4n) is 3.51. The van der Waals surface area contributed by atoms with Crippen LogP contribution in [0.2, 0.25) is 0 Å². The summed E-state index contributed by atoms with van der Waals surface area (Å²) in [5, 5.41) is 10.3. The number of esters is 1. The second kappa shape index (κ2) is 12.5. The number of unbranched alkanes of at least 4 members (excludes halogenated alkanes) is 2. The smallest absolute Gasteiger partial charge is 0.316 e. The van der Waals surface area contributed by atoms with Gasteiger partial charge >= 0.3 is 5.97 Å². The van der Waals surface area contributed by atoms with Gasteiger partial charge in [0.2, 0.25) is 0 Å². The quantitative estimate of drug-likeness (QED) is 0.170. The number of Topliss-reactive ketones (excluding diaryl/α,β-unsaturated/α-hetero) is 2. The van der Waals surface area contributed by atoms with Crippen molar-refractivity contribution in [3.8, 4) is 0 Å². The average Bonchev–Trinajstić information content (AvgIpc) is 3.06. The number of methoxy groups -OCH3 is 1. The van der Waals surface area contributed by atoms with Crippen molar-refractivity contribution in [2.45, 2.75) is 77.7 Å². The van der Waals surface area contributed by atoms with E-state index in [1.165, 1.54) is 12.7 Å². The number of hydrogen-bond acceptors (Lipinski definition) is 5. The summed E-state index contributed by atoms with van der Waals surface area (Å²) in [6, 6.07) is 0. The Kier molecular flexibility index (Phi) is 10.8. The van der Waals surface area contributed by atoms with Crippen LogP contribution in [-0.4, -0.2) is 35.4 Å². The molecule has 1 rings (SSSR count). The van der Waals surface area contributed by atoms with E-state index in [-0.39, 0.29) is 18.0 Å². The second-order valence-corrected chi connectivity index (χ2v) is 8.31. The third-order valence-corrected chi connectivity index (χ3v) is 5.18. The minimum atomic E-state index is -0.937. The van der Waals surface area contributed by atoms with Crippen LogP contribution in [0.15, 0.2) is 36.0 Å². The number of allylic oxidation sites excluding steroid dienone is 4. The van der Waals surface area contributed by atoms with Crippen molar-refractivity contribution in [3.63, 3.8) is 0 Å². The van der Waals surface area contributed by atoms with Crippen molar-refractivity contribution < 1.29 is 24.2 Å². The molecule has 0 aromatic heterocycles. The largest absolute Gasteiger partial charge is 0.468 e. The molecule has 5 nitrogen and oxygen atoms in total. The molecule has 1 saturated carbocycles. The first-order valence-electron chi connectivity index (χ1n) is 10.5. The number of carbonyl (C=O) groups is 3. The van der Waals surface area contributed by atoms with E-state index in [0.717, 1.165) is 19.3 Å². The van der Waals surface area contributed by atoms with Gasteiger partial charge in [-0.05, 0) is 59.3 Å². The van der Waals surface area contributed by atoms with Gasteiger partial charge in [-0.3, -0.25) is 14.4 Å². The van der Waals surface area contributed by atoms with E-state index in [0.29, 0.717) is 25.7 Å². The number of ether oxygens (including phenoxy) is 1. The van der Waals surface area contributed by atoms with Crippen LogP contribution in [0.5, 0.6) is 0 Å². The Morgan fingerprint density at radius 2 is 2.00 bits per heavy atom. The highest BCUT2D eigenvalue weighted by Crippen LogP contribution is 2.31. The zero-order valence-electron chi connectivity index (χ0n) is 18.3. The first-order valence-corrected chi connectivity index (χ1v) is 10.5. The third kappa shape index (κ3) is 9.35. The zero-order chi connectivity index (χ0) is 21.9. The Hall–Kier alpha value is -2.01. The molecule has 5 heteroatoms. The summed E-state index contributed by atoms with van der Waals surface area (Å²) in [5.74, 6) is -2.21. The van der Waals surface area contributed by atoms with E-state index in [9.17, 15) is 19.5 Å². The Bertz CT molecular complexity index is 650. The first kappa shape index (κ1) is 25.0. The molecule has 1 N–H and O–H groups in total. The van der Waals surface area contributed by atoms with E-state index in [2.05, 4.69) is 0 Å². The molecule has 0 amide bonds. The molecule has 29 heavy (non-hydrogen) atoms. The van der Waals surface area contributed by atoms with Crippen molar-refractivity contribution in [2.24, 2.45) is 11.8 Å². The average molecular weight is 405 g/mol. The highest BCUT2D eigenvalue weighted by molar-refractivity contribution is 6.03. The second-order valence-electron chi connectivity index (χ2n) is 8.31. The van der Waals surface area contributed by atoms with Crippen LogP contribution < -0.4 is 0 Å². The lowest BCUT2D eigenvalue weighted by Gasteiger charge is -2.18. The maximum absolute atomic E-state index is 12.5. The molecule has 162 valence electrons. The van der Waals surface area contributed by atoms with Gasteiger partial charge in [-0.2, -0.15) is 0 Å². The van der Waals surface area contributed by atoms with Crippen molar-refractivity contribution >= 4 is 17.5 Å². The van der Waals surface area contributed by atoms with Crippen molar-refractivity contribution in [2.75, 3.05) is 7.11 Å². The Morgan fingerprint density at radius 1 is 1.28 bits per heavy atom. The number of rotatable bonds is 12. The highest BCUT2D eigenvalue weighted by atomic mass is 16.5. The SMILES string of the molecule is COC(=O)C(C(=O)CCCCC=CC[C@](C)(O)C=CC=C(C)C)[C@H]1CCCC1=O. The summed E-state index contributed by atoms with van der Waals surface area (Å²) in [6.07, 6.45) is 14.4. The molecule has 0 aromatic rings. The normalized spacial score (nSPS) is 20.0. The fourth-order valence-corrected chi connectivity index (χ4v) is 3.51. The van der Waals surface area contributed by atoms with Gasteiger partial charge in [-0.15, -0.1) is 0 Å². The predicted molar refractivity (Wildman–Crippen MR) is 114 cm³/mol. The van der Waals surface area contributed by atoms with Crippen molar-refractivity contribution in [1.29, 1.82) is 0 Å². The van der Waals surface area contributed by atoms with E-state index in [1.54, 1.807) is 13.0 Å². The topological polar surface area (TPSA) is 80.7 Å². The minimum absolute atomic E-state index is 0.00220. The lowest BCUT2D eigenvalue weighted by atomic mass is 9.84. The summed E-state index contributed by atoms with van der Waals surface area (Å²) >= 11 is 0. The molecule has 0 saturated heterocycles. The predicted octanol–water partition coefficient (Wildman–Crippen LogP) is 4.49. The molecule has 1 fully saturated rings. The molecule has 0 aromatic carbocycles. The molecule has 1 aliphatic rings. The Morgan fingerprint density at radius 3 is 2.59 bits per heavy atom. The summed E-state index contributed by atoms with van der Waals surface area (Å²) < 4.78 is 4.77. The molecule has 0 bridgehead atoms. The third-order valence-electron chi connectivity index (χ3n) is 5.18. The van der Waals surface area contributed by atoms with Crippen LogP contribution in [0.25, 0.3) is 0 Å². The van der Waals surface area contributed by atoms with E-state index in [4.69, 9.17) is 4.74 Å². The summed E-state index contributed by atoms with van der Waals surface area (Å²) in [6.45, 7) is 5.77. The number of carbonyl (C=O) groups excluding carboxylic acids is 3. The fraction of sp³-hybridized carbons (Fsp3) is 0.625. The van der Waals surface area contributed by atoms with Crippen LogP contribution >= 0.6 is 0 Å². The van der Waals surface area contributed by atoms with Crippen LogP contribution in [-0.2, 0) is 19.1 Å². The summed E-state index contributed by atoms with van der Waals surface area (Å²) in [7, 11) is 1.26. The highest BCUT2D eigenvalue weighted by Gasteiger charge is 2.41. The summed E-state index contributed by atoms with van der Waals surface area (Å²) in [5.41, 5.74) is 0.286. The monoisotopic (exact) mass is 404 g/mol. The molecule has 1 aliphatic carbocycles. The number of aliphatic hydroxyl groups is 1. The maximum atomic E-state index is 12.5. The molecule has 3 atom stereocenters. The van der Waals surface area contributed by atoms with E-state index in [1.807, 2.05) is 38.2 Å². The lowest BCUT2D eigenvalue weighted by Crippen LogP contribution is -2.34. The van der Waals surface area contributed by atoms with Gasteiger partial charge < -0.3 is 9.84 Å². The Balaban J connectivity index is 2.38. The van der Waals surface area contributed by atoms with Crippen molar-refractivity contribution in [3.05, 3.63) is 36.0 Å². The first-order chi connectivity index (χ1) is 13.7. The van der Waals surface area contributed by atoms with Crippen LogP contribution in [0.4, 0.5) is 0 Å². The van der Waals surface area contributed by atoms with Crippen LogP contribution in [0.3, 0.4) is 0 Å². The molecular formula is C24H36O5. The van der Waals surface area contributed by atoms with E-state index < -0.39 is 23.4 Å². The standard InChI is InChI=1S/C24H36O5/c1-18(2)12-11-17-24(3,28)16-9-7-5-6-8-14-21(26)22(23(27)29-4)19-13-10-15-20(19)25/h7,9,11-12,17,19,22,28H,5-6,8,10,13-16H2,1-4H3/t19-,22?,24-/m0/s1. The molecule has 1 unspecified atom stereocenters. The Labute approximate surface area is 174 Å². The molecule has 0 heterocycles. The molecule has 0 spiro atoms. The summed E-state index contributed by atoms with van der Waals surface area (Å²) in [4.78, 5) is 36.5. The van der Waals surface area contributed by atoms with Crippen LogP contribution in [0.1, 0.15) is 72.1 Å². The maximum Gasteiger partial charge on any atom is 0.316 e. The van der Waals surface area contributed by atoms with Gasteiger partial charge in [0.25, 0.3) is 0 Å². The van der Waals surface area contributed by atoms with Gasteiger partial charge in [0.15, 0.2) is 0 Å². The minimum Gasteiger partial charge on any atom is -0.468 e. The van der Waals surface area contributed by atoms with Gasteiger partial charge in [0.1, 0.15) is 17.5 Å². The molecule has 0 radical (unpaired) electrons. The van der Waals surface area contributed by atoms with E-state index >= 15 is 0 Å². The van der Waals surface area contributed by atoms with Gasteiger partial charge in [0.05, 0.1) is 12.7 Å². The zero-order valence-corrected chi connectivity index (χ0v) is 18.3. The van der Waals surface area contributed by atoms with Gasteiger partial charge in [-0.1, -0.05) is 36.0 Å². The molecule has 0 aliphatic heterocycles. The number of hydrogen-bond donors (Lipinski definition) is 1. The van der Waals surface area contributed by atoms with Gasteiger partial charge in [-0.25, -0.2) is 0 Å². The lowest BCUT2D eigenvalue weighted by molar-refractivity contribution is -0.153. The number of ketones is 2. The molecular weight excluding hydrogens is 368 g/mol.